The van der Waals surface area contributed by atoms with Crippen molar-refractivity contribution in [3.63, 3.8) is 0 Å². The highest BCUT2D eigenvalue weighted by Crippen LogP contribution is 2.22. The second kappa shape index (κ2) is 9.18. The van der Waals surface area contributed by atoms with E-state index in [-0.39, 0.29) is 34.4 Å². The Morgan fingerprint density at radius 3 is 2.63 bits per heavy atom. The van der Waals surface area contributed by atoms with Crippen LogP contribution in [-0.4, -0.2) is 40.2 Å². The summed E-state index contributed by atoms with van der Waals surface area (Å²) in [6, 6.07) is 10.7. The molecule has 0 atom stereocenters. The molecule has 4 N–H and O–H groups in total. The van der Waals surface area contributed by atoms with E-state index in [0.29, 0.717) is 11.4 Å². The number of carbonyl (C=O) groups is 2. The fourth-order valence-electron chi connectivity index (χ4n) is 2.54. The van der Waals surface area contributed by atoms with Gasteiger partial charge >= 0.3 is 16.6 Å². The molecule has 0 saturated carbocycles. The minimum absolute atomic E-state index is 0.0567. The second-order valence-electron chi connectivity index (χ2n) is 6.00. The van der Waals surface area contributed by atoms with Gasteiger partial charge in [-0.1, -0.05) is 0 Å². The van der Waals surface area contributed by atoms with Crippen molar-refractivity contribution in [1.29, 1.82) is 0 Å². The number of carbonyl (C=O) groups excluding carboxylic acids is 1. The number of aromatic hydroxyl groups is 1. The SMILES string of the molecule is COc1ccc(-[n+]2[nH]oc(=O)c2SCCC(=O)Nc2ccc(O)c(C(=O)O)c2)cc1. The van der Waals surface area contributed by atoms with E-state index in [1.165, 1.54) is 22.9 Å². The van der Waals surface area contributed by atoms with E-state index in [0.717, 1.165) is 11.8 Å². The van der Waals surface area contributed by atoms with Crippen LogP contribution >= 0.6 is 11.8 Å². The average molecular weight is 432 g/mol. The van der Waals surface area contributed by atoms with Crippen molar-refractivity contribution in [1.82, 2.24) is 5.27 Å². The highest BCUT2D eigenvalue weighted by atomic mass is 32.2. The molecular weight excluding hydrogens is 414 g/mol. The third-order valence-corrected chi connectivity index (χ3v) is 5.05. The van der Waals surface area contributed by atoms with Crippen LogP contribution in [0, 0.1) is 0 Å². The van der Waals surface area contributed by atoms with Crippen LogP contribution in [0.2, 0.25) is 0 Å². The van der Waals surface area contributed by atoms with Crippen LogP contribution in [-0.2, 0) is 4.79 Å². The zero-order valence-corrected chi connectivity index (χ0v) is 16.6. The summed E-state index contributed by atoms with van der Waals surface area (Å²) in [5.74, 6) is -1.13. The molecule has 10 nitrogen and oxygen atoms in total. The van der Waals surface area contributed by atoms with Gasteiger partial charge in [-0.3, -0.25) is 9.32 Å². The Morgan fingerprint density at radius 1 is 1.23 bits per heavy atom. The molecule has 0 aliphatic carbocycles. The second-order valence-corrected chi connectivity index (χ2v) is 7.09. The number of thioether (sulfide) groups is 1. The van der Waals surface area contributed by atoms with Crippen molar-refractivity contribution in [2.75, 3.05) is 18.2 Å². The van der Waals surface area contributed by atoms with Gasteiger partial charge in [-0.25, -0.2) is 9.59 Å². The fraction of sp³-hybridized carbons (Fsp3) is 0.158. The quantitative estimate of drug-likeness (QED) is 0.239. The molecule has 0 aliphatic rings. The lowest BCUT2D eigenvalue weighted by molar-refractivity contribution is -0.704. The molecule has 0 spiro atoms. The van der Waals surface area contributed by atoms with Crippen LogP contribution in [0.25, 0.3) is 5.69 Å². The first-order valence-electron chi connectivity index (χ1n) is 8.66. The summed E-state index contributed by atoms with van der Waals surface area (Å²) in [5, 5.41) is 23.9. The molecule has 0 radical (unpaired) electrons. The third kappa shape index (κ3) is 4.81. The van der Waals surface area contributed by atoms with Crippen LogP contribution in [0.4, 0.5) is 5.69 Å². The molecular formula is C19H18N3O7S+. The highest BCUT2D eigenvalue weighted by Gasteiger charge is 2.24. The lowest BCUT2D eigenvalue weighted by atomic mass is 10.2. The van der Waals surface area contributed by atoms with Crippen LogP contribution in [0.15, 0.2) is 56.8 Å². The molecule has 3 rings (SSSR count). The number of anilines is 1. The Morgan fingerprint density at radius 2 is 1.97 bits per heavy atom. The van der Waals surface area contributed by atoms with Crippen LogP contribution in [0.3, 0.4) is 0 Å². The number of carboxylic acids is 1. The van der Waals surface area contributed by atoms with Gasteiger partial charge in [0.2, 0.25) is 11.6 Å². The van der Waals surface area contributed by atoms with Gasteiger partial charge in [-0.05, 0) is 52.0 Å². The molecule has 2 aromatic carbocycles. The number of nitrogens with one attached hydrogen (secondary N) is 2. The Labute approximate surface area is 174 Å². The van der Waals surface area contributed by atoms with Gasteiger partial charge < -0.3 is 20.3 Å². The number of aromatic carboxylic acids is 1. The van der Waals surface area contributed by atoms with E-state index < -0.39 is 17.3 Å². The maximum absolute atomic E-state index is 12.2. The number of aromatic nitrogens is 2. The van der Waals surface area contributed by atoms with Crippen molar-refractivity contribution in [2.45, 2.75) is 11.4 Å². The largest absolute Gasteiger partial charge is 0.507 e. The number of phenols is 1. The molecule has 0 saturated heterocycles. The summed E-state index contributed by atoms with van der Waals surface area (Å²) in [6.45, 7) is 0. The van der Waals surface area contributed by atoms with Crippen LogP contribution in [0.1, 0.15) is 16.8 Å². The van der Waals surface area contributed by atoms with Crippen molar-refractivity contribution in [3.05, 3.63) is 58.4 Å². The normalized spacial score (nSPS) is 10.6. The van der Waals surface area contributed by atoms with Crippen LogP contribution < -0.4 is 20.4 Å². The Hall–Kier alpha value is -3.73. The molecule has 0 bridgehead atoms. The number of ether oxygens (including phenoxy) is 1. The lowest BCUT2D eigenvalue weighted by Crippen LogP contribution is -2.36. The van der Waals surface area contributed by atoms with E-state index in [2.05, 4.69) is 10.6 Å². The molecule has 1 amide bonds. The predicted octanol–water partition coefficient (Wildman–Crippen LogP) is 1.78. The fourth-order valence-corrected chi connectivity index (χ4v) is 3.45. The summed E-state index contributed by atoms with van der Waals surface area (Å²) in [6.07, 6.45) is 0.0567. The summed E-state index contributed by atoms with van der Waals surface area (Å²) < 4.78 is 11.4. The number of rotatable bonds is 8. The van der Waals surface area contributed by atoms with Crippen molar-refractivity contribution >= 4 is 29.3 Å². The van der Waals surface area contributed by atoms with Gasteiger partial charge in [0.1, 0.15) is 17.1 Å². The first-order chi connectivity index (χ1) is 14.4. The number of hydrogen-bond acceptors (Lipinski definition) is 7. The maximum atomic E-state index is 12.2. The standard InChI is InChI=1S/C19H17N3O7S/c1-28-13-5-3-12(4-6-13)22-17(19(27)29-21-22)30-9-8-16(24)20-11-2-7-15(23)14(10-11)18(25)26/h2-7,10,21H,8-9H2,1H3,(H2,25,26,27)/p+1. The molecule has 0 fully saturated rings. The van der Waals surface area contributed by atoms with Gasteiger partial charge in [-0.15, -0.1) is 0 Å². The molecule has 30 heavy (non-hydrogen) atoms. The Balaban J connectivity index is 1.62. The zero-order chi connectivity index (χ0) is 21.7. The van der Waals surface area contributed by atoms with E-state index in [1.54, 1.807) is 31.4 Å². The molecule has 11 heteroatoms. The molecule has 1 aromatic heterocycles. The van der Waals surface area contributed by atoms with E-state index in [4.69, 9.17) is 14.4 Å². The Bertz CT molecular complexity index is 1120. The number of hydrogen-bond donors (Lipinski definition) is 4. The summed E-state index contributed by atoms with van der Waals surface area (Å²) in [4.78, 5) is 35.2. The molecule has 156 valence electrons. The van der Waals surface area contributed by atoms with Crippen molar-refractivity contribution in [2.24, 2.45) is 0 Å². The lowest BCUT2D eigenvalue weighted by Gasteiger charge is -2.06. The number of aromatic amines is 1. The number of carboxylic acid groups (broad SMARTS) is 1. The highest BCUT2D eigenvalue weighted by molar-refractivity contribution is 7.99. The maximum Gasteiger partial charge on any atom is 0.442 e. The van der Waals surface area contributed by atoms with E-state index in [9.17, 15) is 19.5 Å². The van der Waals surface area contributed by atoms with Gasteiger partial charge in [0.15, 0.2) is 0 Å². The summed E-state index contributed by atoms with van der Waals surface area (Å²) >= 11 is 1.13. The van der Waals surface area contributed by atoms with Gasteiger partial charge in [0.25, 0.3) is 0 Å². The minimum atomic E-state index is -1.30. The van der Waals surface area contributed by atoms with Crippen molar-refractivity contribution < 1.29 is 33.7 Å². The molecule has 1 heterocycles. The first kappa shape index (κ1) is 21.0. The number of benzene rings is 2. The number of methoxy groups -OCH3 is 1. The summed E-state index contributed by atoms with van der Waals surface area (Å²) in [5.41, 5.74) is 0.0158. The van der Waals surface area contributed by atoms with Gasteiger partial charge in [-0.2, -0.15) is 0 Å². The third-order valence-electron chi connectivity index (χ3n) is 4.02. The minimum Gasteiger partial charge on any atom is -0.507 e. The zero-order valence-electron chi connectivity index (χ0n) is 15.7. The first-order valence-corrected chi connectivity index (χ1v) is 9.64. The topological polar surface area (TPSA) is 146 Å². The van der Waals surface area contributed by atoms with E-state index >= 15 is 0 Å². The van der Waals surface area contributed by atoms with Crippen molar-refractivity contribution in [3.8, 4) is 17.2 Å². The van der Waals surface area contributed by atoms with Gasteiger partial charge in [0.05, 0.1) is 7.11 Å². The molecule has 3 aromatic rings. The van der Waals surface area contributed by atoms with E-state index in [1.807, 2.05) is 0 Å². The van der Waals surface area contributed by atoms with Crippen LogP contribution in [0.5, 0.6) is 11.5 Å². The summed E-state index contributed by atoms with van der Waals surface area (Å²) in [7, 11) is 1.55. The Kier molecular flexibility index (Phi) is 6.42. The number of nitrogens with zero attached hydrogens (tertiary/aromatic N) is 1. The monoisotopic (exact) mass is 432 g/mol. The number of amides is 1. The van der Waals surface area contributed by atoms with Gasteiger partial charge in [0, 0.05) is 30.0 Å². The molecule has 0 unspecified atom stereocenters. The number of H-pyrrole nitrogens is 1. The molecule has 0 aliphatic heterocycles. The average Bonchev–Trinajstić information content (AvgIpc) is 3.10. The smallest absolute Gasteiger partial charge is 0.442 e. The predicted molar refractivity (Wildman–Crippen MR) is 106 cm³/mol.